The van der Waals surface area contributed by atoms with Gasteiger partial charge in [0.2, 0.25) is 0 Å². The van der Waals surface area contributed by atoms with Crippen LogP contribution in [0.3, 0.4) is 0 Å². The number of para-hydroxylation sites is 1. The number of benzene rings is 2. The average molecular weight is 421 g/mol. The fourth-order valence-electron chi connectivity index (χ4n) is 4.28. The molecule has 2 N–H and O–H groups in total. The molecule has 0 radical (unpaired) electrons. The van der Waals surface area contributed by atoms with Gasteiger partial charge >= 0.3 is 12.0 Å². The minimum atomic E-state index is -0.609. The van der Waals surface area contributed by atoms with Gasteiger partial charge in [0.05, 0.1) is 37.6 Å². The van der Waals surface area contributed by atoms with Gasteiger partial charge in [-0.05, 0) is 49.6 Å². The third-order valence-corrected chi connectivity index (χ3v) is 5.78. The fraction of sp³-hybridized carbons (Fsp3) is 0.333. The van der Waals surface area contributed by atoms with E-state index in [-0.39, 0.29) is 18.7 Å². The smallest absolute Gasteiger partial charge is 0.338 e. The summed E-state index contributed by atoms with van der Waals surface area (Å²) in [5.74, 6) is 0.263. The zero-order valence-electron chi connectivity index (χ0n) is 18.0. The number of nitrogens with one attached hydrogen (secondary N) is 2. The van der Waals surface area contributed by atoms with E-state index in [1.165, 1.54) is 5.56 Å². The molecule has 31 heavy (non-hydrogen) atoms. The number of carbonyl (C=O) groups is 2. The van der Waals surface area contributed by atoms with Crippen molar-refractivity contribution in [1.82, 2.24) is 10.6 Å². The molecule has 4 rings (SSSR count). The topological polar surface area (TPSA) is 79.9 Å². The molecular formula is C24H27N3O4. The third-order valence-electron chi connectivity index (χ3n) is 5.78. The van der Waals surface area contributed by atoms with E-state index in [2.05, 4.69) is 34.6 Å². The summed E-state index contributed by atoms with van der Waals surface area (Å²) in [5.41, 5.74) is 4.15. The zero-order valence-corrected chi connectivity index (χ0v) is 18.0. The van der Waals surface area contributed by atoms with Crippen molar-refractivity contribution in [2.75, 3.05) is 25.2 Å². The van der Waals surface area contributed by atoms with Crippen LogP contribution in [0.4, 0.5) is 10.5 Å². The van der Waals surface area contributed by atoms with Gasteiger partial charge < -0.3 is 25.0 Å². The summed E-state index contributed by atoms with van der Waals surface area (Å²) in [6, 6.07) is 14.8. The van der Waals surface area contributed by atoms with E-state index in [1.807, 2.05) is 36.4 Å². The van der Waals surface area contributed by atoms with Crippen LogP contribution in [-0.2, 0) is 16.0 Å². The van der Waals surface area contributed by atoms with Crippen LogP contribution in [0.5, 0.6) is 5.75 Å². The molecule has 0 bridgehead atoms. The molecule has 2 heterocycles. The second-order valence-corrected chi connectivity index (χ2v) is 7.73. The molecule has 2 atom stereocenters. The molecule has 0 spiro atoms. The van der Waals surface area contributed by atoms with Gasteiger partial charge in [-0.15, -0.1) is 0 Å². The Morgan fingerprint density at radius 1 is 1.16 bits per heavy atom. The molecule has 0 aliphatic carbocycles. The normalized spacial score (nSPS) is 20.1. The van der Waals surface area contributed by atoms with Gasteiger partial charge in [-0.3, -0.25) is 0 Å². The van der Waals surface area contributed by atoms with E-state index in [0.717, 1.165) is 17.7 Å². The van der Waals surface area contributed by atoms with Crippen molar-refractivity contribution in [1.29, 1.82) is 0 Å². The molecule has 162 valence electrons. The van der Waals surface area contributed by atoms with Crippen LogP contribution in [0.25, 0.3) is 0 Å². The van der Waals surface area contributed by atoms with Crippen LogP contribution in [0.1, 0.15) is 31.0 Å². The number of esters is 1. The molecule has 2 amide bonds. The van der Waals surface area contributed by atoms with Gasteiger partial charge in [0.1, 0.15) is 5.75 Å². The number of hydrogen-bond donors (Lipinski definition) is 2. The quantitative estimate of drug-likeness (QED) is 0.700. The summed E-state index contributed by atoms with van der Waals surface area (Å²) < 4.78 is 10.6. The first-order valence-electron chi connectivity index (χ1n) is 10.5. The molecule has 2 unspecified atom stereocenters. The molecule has 7 heteroatoms. The van der Waals surface area contributed by atoms with Crippen LogP contribution in [0.15, 0.2) is 59.8 Å². The molecule has 0 saturated heterocycles. The maximum absolute atomic E-state index is 13.0. The number of methoxy groups -OCH3 is 1. The van der Waals surface area contributed by atoms with Crippen molar-refractivity contribution in [3.8, 4) is 5.75 Å². The molecular weight excluding hydrogens is 394 g/mol. The molecule has 0 fully saturated rings. The lowest BCUT2D eigenvalue weighted by molar-refractivity contribution is -0.139. The van der Waals surface area contributed by atoms with Crippen molar-refractivity contribution < 1.29 is 19.1 Å². The van der Waals surface area contributed by atoms with Gasteiger partial charge in [-0.1, -0.05) is 30.3 Å². The number of hydrogen-bond acceptors (Lipinski definition) is 5. The predicted octanol–water partition coefficient (Wildman–Crippen LogP) is 3.32. The van der Waals surface area contributed by atoms with Crippen molar-refractivity contribution in [2.45, 2.75) is 32.4 Å². The SMILES string of the molecule is CCOC(=O)C1=C(CN2c3ccccc3CC2C)NC(=O)NC1c1ccc(OC)cc1. The molecule has 2 aliphatic rings. The van der Waals surface area contributed by atoms with E-state index in [0.29, 0.717) is 23.6 Å². The Balaban J connectivity index is 1.75. The first kappa shape index (κ1) is 20.8. The first-order valence-corrected chi connectivity index (χ1v) is 10.5. The number of amides is 2. The highest BCUT2D eigenvalue weighted by atomic mass is 16.5. The van der Waals surface area contributed by atoms with Crippen molar-refractivity contribution >= 4 is 17.7 Å². The van der Waals surface area contributed by atoms with Gasteiger partial charge in [-0.25, -0.2) is 9.59 Å². The minimum Gasteiger partial charge on any atom is -0.497 e. The number of urea groups is 1. The molecule has 2 aliphatic heterocycles. The summed E-state index contributed by atoms with van der Waals surface area (Å²) in [6.07, 6.45) is 0.923. The Kier molecular flexibility index (Phi) is 5.84. The van der Waals surface area contributed by atoms with Gasteiger partial charge in [-0.2, -0.15) is 0 Å². The third kappa shape index (κ3) is 4.08. The summed E-state index contributed by atoms with van der Waals surface area (Å²) in [4.78, 5) is 27.8. The Labute approximate surface area is 182 Å². The first-order chi connectivity index (χ1) is 15.0. The van der Waals surface area contributed by atoms with Crippen molar-refractivity contribution in [2.24, 2.45) is 0 Å². The number of ether oxygens (including phenoxy) is 2. The van der Waals surface area contributed by atoms with Crippen molar-refractivity contribution in [3.05, 3.63) is 70.9 Å². The van der Waals surface area contributed by atoms with Crippen LogP contribution in [0, 0.1) is 0 Å². The Hall–Kier alpha value is -3.48. The number of nitrogens with zero attached hydrogens (tertiary/aromatic N) is 1. The number of fused-ring (bicyclic) bond motifs is 1. The summed E-state index contributed by atoms with van der Waals surface area (Å²) >= 11 is 0. The monoisotopic (exact) mass is 421 g/mol. The molecule has 0 saturated carbocycles. The van der Waals surface area contributed by atoms with Gasteiger partial charge in [0.15, 0.2) is 0 Å². The fourth-order valence-corrected chi connectivity index (χ4v) is 4.28. The van der Waals surface area contributed by atoms with E-state index >= 15 is 0 Å². The van der Waals surface area contributed by atoms with Crippen molar-refractivity contribution in [3.63, 3.8) is 0 Å². The maximum Gasteiger partial charge on any atom is 0.338 e. The Morgan fingerprint density at radius 3 is 2.61 bits per heavy atom. The van der Waals surface area contributed by atoms with Gasteiger partial charge in [0.25, 0.3) is 0 Å². The summed E-state index contributed by atoms with van der Waals surface area (Å²) in [7, 11) is 1.60. The highest BCUT2D eigenvalue weighted by molar-refractivity contribution is 5.95. The van der Waals surface area contributed by atoms with Gasteiger partial charge in [0, 0.05) is 11.7 Å². The van der Waals surface area contributed by atoms with E-state index in [9.17, 15) is 9.59 Å². The summed E-state index contributed by atoms with van der Waals surface area (Å²) in [5, 5.41) is 5.75. The van der Waals surface area contributed by atoms with E-state index in [4.69, 9.17) is 9.47 Å². The Morgan fingerprint density at radius 2 is 1.90 bits per heavy atom. The van der Waals surface area contributed by atoms with Crippen LogP contribution >= 0.6 is 0 Å². The number of rotatable bonds is 6. The second-order valence-electron chi connectivity index (χ2n) is 7.73. The zero-order chi connectivity index (χ0) is 22.0. The Bertz CT molecular complexity index is 1020. The standard InChI is InChI=1S/C24H27N3O4/c1-4-31-23(28)21-19(14-27-15(2)13-17-7-5-6-8-20(17)27)25-24(29)26-22(21)16-9-11-18(30-3)12-10-16/h5-12,15,22H,4,13-14H2,1-3H3,(H2,25,26,29). The highest BCUT2D eigenvalue weighted by Gasteiger charge is 2.36. The molecule has 2 aromatic rings. The van der Waals surface area contributed by atoms with E-state index in [1.54, 1.807) is 14.0 Å². The lowest BCUT2D eigenvalue weighted by Gasteiger charge is -2.33. The van der Waals surface area contributed by atoms with Crippen LogP contribution < -0.4 is 20.3 Å². The lowest BCUT2D eigenvalue weighted by Crippen LogP contribution is -2.49. The van der Waals surface area contributed by atoms with Crippen LogP contribution in [0.2, 0.25) is 0 Å². The molecule has 7 nitrogen and oxygen atoms in total. The maximum atomic E-state index is 13.0. The second kappa shape index (κ2) is 8.71. The predicted molar refractivity (Wildman–Crippen MR) is 118 cm³/mol. The number of carbonyl (C=O) groups excluding carboxylic acids is 2. The average Bonchev–Trinajstić information content (AvgIpc) is 3.08. The summed E-state index contributed by atoms with van der Waals surface area (Å²) in [6.45, 7) is 4.58. The minimum absolute atomic E-state index is 0.250. The highest BCUT2D eigenvalue weighted by Crippen LogP contribution is 2.34. The van der Waals surface area contributed by atoms with Crippen LogP contribution in [-0.4, -0.2) is 38.3 Å². The lowest BCUT2D eigenvalue weighted by atomic mass is 9.94. The molecule has 2 aromatic carbocycles. The largest absolute Gasteiger partial charge is 0.497 e. The number of anilines is 1. The van der Waals surface area contributed by atoms with E-state index < -0.39 is 12.0 Å². The molecule has 0 aromatic heterocycles.